The summed E-state index contributed by atoms with van der Waals surface area (Å²) in [5.41, 5.74) is 0.658. The Labute approximate surface area is 167 Å². The lowest BCUT2D eigenvalue weighted by Crippen LogP contribution is -2.61. The third kappa shape index (κ3) is 4.09. The summed E-state index contributed by atoms with van der Waals surface area (Å²) in [7, 11) is 0. The number of rotatable bonds is 6. The summed E-state index contributed by atoms with van der Waals surface area (Å²) in [6, 6.07) is 0.609. The second-order valence-electron chi connectivity index (χ2n) is 8.55. The van der Waals surface area contributed by atoms with Gasteiger partial charge in [-0.1, -0.05) is 6.92 Å². The molecular formula is C20H34N6O2. The second kappa shape index (κ2) is 8.88. The maximum Gasteiger partial charge on any atom is 0.227 e. The quantitative estimate of drug-likeness (QED) is 0.743. The topological polar surface area (TPSA) is 86.4 Å². The molecule has 2 N–H and O–H groups in total. The van der Waals surface area contributed by atoms with Crippen LogP contribution in [-0.2, 0) is 16.0 Å². The van der Waals surface area contributed by atoms with Gasteiger partial charge >= 0.3 is 0 Å². The molecule has 8 nitrogen and oxygen atoms in total. The molecule has 0 aromatic carbocycles. The van der Waals surface area contributed by atoms with Crippen LogP contribution in [0.15, 0.2) is 6.20 Å². The number of morpholine rings is 1. The van der Waals surface area contributed by atoms with E-state index in [1.165, 1.54) is 0 Å². The van der Waals surface area contributed by atoms with E-state index in [0.29, 0.717) is 18.5 Å². The lowest BCUT2D eigenvalue weighted by Gasteiger charge is -2.53. The van der Waals surface area contributed by atoms with Crippen LogP contribution >= 0.6 is 0 Å². The number of nitrogens with zero attached hydrogens (tertiary/aromatic N) is 4. The van der Waals surface area contributed by atoms with Gasteiger partial charge < -0.3 is 15.0 Å². The van der Waals surface area contributed by atoms with Gasteiger partial charge in [0.1, 0.15) is 0 Å². The zero-order valence-electron chi connectivity index (χ0n) is 17.0. The number of likely N-dealkylation sites (tertiary alicyclic amines) is 1. The first-order chi connectivity index (χ1) is 13.7. The smallest absolute Gasteiger partial charge is 0.227 e. The second-order valence-corrected chi connectivity index (χ2v) is 8.55. The molecule has 156 valence electrons. The molecule has 1 aliphatic carbocycles. The first-order valence-corrected chi connectivity index (χ1v) is 10.9. The summed E-state index contributed by atoms with van der Waals surface area (Å²) >= 11 is 0. The lowest BCUT2D eigenvalue weighted by atomic mass is 9.61. The summed E-state index contributed by atoms with van der Waals surface area (Å²) in [5.74, 6) is 0.725. The van der Waals surface area contributed by atoms with Gasteiger partial charge in [0.05, 0.1) is 30.5 Å². The van der Waals surface area contributed by atoms with Crippen LogP contribution in [0.5, 0.6) is 0 Å². The number of amides is 1. The highest BCUT2D eigenvalue weighted by molar-refractivity contribution is 5.83. The van der Waals surface area contributed by atoms with Gasteiger partial charge in [0, 0.05) is 38.6 Å². The number of fused-ring (bicyclic) bond motifs is 1. The van der Waals surface area contributed by atoms with E-state index in [1.54, 1.807) is 6.20 Å². The van der Waals surface area contributed by atoms with Crippen molar-refractivity contribution in [2.75, 3.05) is 52.5 Å². The van der Waals surface area contributed by atoms with Crippen LogP contribution in [0.25, 0.3) is 0 Å². The normalized spacial score (nSPS) is 32.0. The molecular weight excluding hydrogens is 356 g/mol. The molecule has 28 heavy (non-hydrogen) atoms. The van der Waals surface area contributed by atoms with E-state index < -0.39 is 0 Å². The minimum atomic E-state index is -0.235. The number of H-pyrrole nitrogens is 1. The molecule has 1 aromatic heterocycles. The Morgan fingerprint density at radius 2 is 2.21 bits per heavy atom. The molecule has 3 heterocycles. The van der Waals surface area contributed by atoms with Crippen molar-refractivity contribution in [1.82, 2.24) is 30.5 Å². The molecule has 0 spiro atoms. The molecule has 3 fully saturated rings. The highest BCUT2D eigenvalue weighted by atomic mass is 16.5. The average Bonchev–Trinajstić information content (AvgIpc) is 3.27. The number of aromatic nitrogens is 3. The van der Waals surface area contributed by atoms with Crippen LogP contribution in [0.3, 0.4) is 0 Å². The predicted octanol–water partition coefficient (Wildman–Crippen LogP) is 0.676. The molecule has 1 aromatic rings. The summed E-state index contributed by atoms with van der Waals surface area (Å²) < 4.78 is 5.53. The van der Waals surface area contributed by atoms with Gasteiger partial charge in [-0.05, 0) is 44.7 Å². The highest BCUT2D eigenvalue weighted by Gasteiger charge is 2.52. The van der Waals surface area contributed by atoms with E-state index in [-0.39, 0.29) is 11.3 Å². The van der Waals surface area contributed by atoms with Gasteiger partial charge in [-0.3, -0.25) is 9.69 Å². The molecule has 2 saturated heterocycles. The zero-order chi connectivity index (χ0) is 19.4. The highest BCUT2D eigenvalue weighted by Crippen LogP contribution is 2.47. The van der Waals surface area contributed by atoms with Crippen molar-refractivity contribution < 1.29 is 9.53 Å². The average molecular weight is 391 g/mol. The summed E-state index contributed by atoms with van der Waals surface area (Å²) in [4.78, 5) is 18.5. The first kappa shape index (κ1) is 19.8. The SMILES string of the molecule is CCN1CC[C@@H]2C[C@@H](N3CCOCC3)CC[C@@]2(C(=O)NCCc2cn[nH]n2)C1. The molecule has 2 aliphatic heterocycles. The number of piperidine rings is 1. The van der Waals surface area contributed by atoms with Gasteiger partial charge in [-0.15, -0.1) is 0 Å². The third-order valence-corrected chi connectivity index (χ3v) is 7.15. The van der Waals surface area contributed by atoms with E-state index >= 15 is 0 Å². The Hall–Kier alpha value is -1.51. The number of ether oxygens (including phenoxy) is 1. The molecule has 8 heteroatoms. The van der Waals surface area contributed by atoms with Crippen molar-refractivity contribution in [3.8, 4) is 0 Å². The van der Waals surface area contributed by atoms with Crippen LogP contribution < -0.4 is 5.32 Å². The van der Waals surface area contributed by atoms with Crippen LogP contribution in [0.2, 0.25) is 0 Å². The van der Waals surface area contributed by atoms with E-state index in [4.69, 9.17) is 4.74 Å². The van der Waals surface area contributed by atoms with Gasteiger partial charge in [-0.2, -0.15) is 15.4 Å². The lowest BCUT2D eigenvalue weighted by molar-refractivity contribution is -0.144. The molecule has 0 bridgehead atoms. The number of nitrogens with one attached hydrogen (secondary N) is 2. The molecule has 3 aliphatic rings. The number of hydrogen-bond acceptors (Lipinski definition) is 6. The minimum Gasteiger partial charge on any atom is -0.379 e. The standard InChI is InChI=1S/C20H34N6O2/c1-2-25-8-5-16-13-18(26-9-11-28-12-10-26)3-6-20(16,15-25)19(27)21-7-4-17-14-22-24-23-17/h14,16,18H,2-13,15H2,1H3,(H,21,27)(H,22,23,24)/t16-,18+,20-/m1/s1. The third-order valence-electron chi connectivity index (χ3n) is 7.15. The molecule has 0 radical (unpaired) electrons. The van der Waals surface area contributed by atoms with Crippen LogP contribution in [0.4, 0.5) is 0 Å². The Morgan fingerprint density at radius 3 is 2.96 bits per heavy atom. The molecule has 4 rings (SSSR count). The number of carbonyl (C=O) groups is 1. The minimum absolute atomic E-state index is 0.235. The maximum atomic E-state index is 13.4. The van der Waals surface area contributed by atoms with Crippen molar-refractivity contribution in [2.24, 2.45) is 11.3 Å². The van der Waals surface area contributed by atoms with Crippen LogP contribution in [-0.4, -0.2) is 89.6 Å². The Kier molecular flexibility index (Phi) is 6.28. The van der Waals surface area contributed by atoms with Crippen molar-refractivity contribution >= 4 is 5.91 Å². The Bertz CT molecular complexity index is 633. The first-order valence-electron chi connectivity index (χ1n) is 10.9. The van der Waals surface area contributed by atoms with Gasteiger partial charge in [-0.25, -0.2) is 0 Å². The maximum absolute atomic E-state index is 13.4. The Balaban J connectivity index is 1.42. The van der Waals surface area contributed by atoms with E-state index in [0.717, 1.165) is 83.7 Å². The molecule has 1 saturated carbocycles. The summed E-state index contributed by atoms with van der Waals surface area (Å²) in [6.45, 7) is 9.63. The van der Waals surface area contributed by atoms with Crippen molar-refractivity contribution in [3.63, 3.8) is 0 Å². The van der Waals surface area contributed by atoms with Gasteiger partial charge in [0.25, 0.3) is 0 Å². The van der Waals surface area contributed by atoms with Crippen LogP contribution in [0, 0.1) is 11.3 Å². The van der Waals surface area contributed by atoms with Gasteiger partial charge in [0.15, 0.2) is 0 Å². The number of hydrogen-bond donors (Lipinski definition) is 2. The fraction of sp³-hybridized carbons (Fsp3) is 0.850. The van der Waals surface area contributed by atoms with Crippen molar-refractivity contribution in [1.29, 1.82) is 0 Å². The fourth-order valence-electron chi connectivity index (χ4n) is 5.46. The molecule has 3 atom stereocenters. The van der Waals surface area contributed by atoms with E-state index in [9.17, 15) is 4.79 Å². The van der Waals surface area contributed by atoms with Gasteiger partial charge in [0.2, 0.25) is 5.91 Å². The van der Waals surface area contributed by atoms with E-state index in [1.807, 2.05) is 0 Å². The summed E-state index contributed by atoms with van der Waals surface area (Å²) in [5, 5.41) is 13.8. The van der Waals surface area contributed by atoms with Crippen molar-refractivity contribution in [3.05, 3.63) is 11.9 Å². The zero-order valence-corrected chi connectivity index (χ0v) is 17.0. The van der Waals surface area contributed by atoms with E-state index in [2.05, 4.69) is 37.5 Å². The number of carbonyl (C=O) groups excluding carboxylic acids is 1. The predicted molar refractivity (Wildman–Crippen MR) is 106 cm³/mol. The van der Waals surface area contributed by atoms with Crippen LogP contribution in [0.1, 0.15) is 38.3 Å². The molecule has 0 unspecified atom stereocenters. The monoisotopic (exact) mass is 390 g/mol. The molecule has 1 amide bonds. The summed E-state index contributed by atoms with van der Waals surface area (Å²) in [6.07, 6.45) is 6.83. The fourth-order valence-corrected chi connectivity index (χ4v) is 5.46. The number of aromatic amines is 1. The largest absolute Gasteiger partial charge is 0.379 e. The van der Waals surface area contributed by atoms with Crippen molar-refractivity contribution in [2.45, 2.75) is 45.1 Å². The Morgan fingerprint density at radius 1 is 1.36 bits per heavy atom.